The van der Waals surface area contributed by atoms with Crippen LogP contribution in [0.2, 0.25) is 0 Å². The first kappa shape index (κ1) is 20.6. The number of hydrogen-bond donors (Lipinski definition) is 2. The Morgan fingerprint density at radius 2 is 2.07 bits per heavy atom. The molecule has 2 unspecified atom stereocenters. The fourth-order valence-electron chi connectivity index (χ4n) is 3.37. The highest BCUT2D eigenvalue weighted by Gasteiger charge is 2.35. The summed E-state index contributed by atoms with van der Waals surface area (Å²) in [5.41, 5.74) is -0.690. The highest BCUT2D eigenvalue weighted by atomic mass is 19.3. The van der Waals surface area contributed by atoms with Gasteiger partial charge in [0.1, 0.15) is 5.82 Å². The van der Waals surface area contributed by atoms with Crippen LogP contribution in [0.5, 0.6) is 0 Å². The minimum absolute atomic E-state index is 0.0650. The van der Waals surface area contributed by atoms with Crippen LogP contribution in [-0.4, -0.2) is 67.3 Å². The number of amides is 2. The Bertz CT molecular complexity index is 728. The van der Waals surface area contributed by atoms with Crippen LogP contribution >= 0.6 is 0 Å². The van der Waals surface area contributed by atoms with Crippen molar-refractivity contribution in [3.05, 3.63) is 29.6 Å². The number of benzene rings is 1. The molecule has 7 nitrogen and oxygen atoms in total. The van der Waals surface area contributed by atoms with E-state index in [1.54, 1.807) is 7.05 Å². The summed E-state index contributed by atoms with van der Waals surface area (Å²) < 4.78 is 44.3. The number of nitrogens with one attached hydrogen (secondary N) is 2. The molecule has 0 saturated carbocycles. The van der Waals surface area contributed by atoms with E-state index in [-0.39, 0.29) is 24.2 Å². The van der Waals surface area contributed by atoms with Gasteiger partial charge in [0, 0.05) is 25.8 Å². The van der Waals surface area contributed by atoms with Gasteiger partial charge in [-0.25, -0.2) is 13.2 Å². The summed E-state index contributed by atoms with van der Waals surface area (Å²) in [6.07, 6.45) is -3.48. The largest absolute Gasteiger partial charge is 0.379 e. The number of carbonyl (C=O) groups excluding carboxylic acids is 2. The summed E-state index contributed by atoms with van der Waals surface area (Å²) >= 11 is 0. The van der Waals surface area contributed by atoms with E-state index in [0.717, 1.165) is 12.1 Å². The van der Waals surface area contributed by atoms with Gasteiger partial charge in [0.25, 0.3) is 6.43 Å². The smallest absolute Gasteiger partial charge is 0.266 e. The summed E-state index contributed by atoms with van der Waals surface area (Å²) in [7, 11) is 1.61. The lowest BCUT2D eigenvalue weighted by Gasteiger charge is -2.43. The minimum Gasteiger partial charge on any atom is -0.379 e. The van der Waals surface area contributed by atoms with Crippen molar-refractivity contribution < 1.29 is 27.5 Å². The second-order valence-corrected chi connectivity index (χ2v) is 6.84. The normalized spacial score (nSPS) is 23.9. The zero-order valence-corrected chi connectivity index (χ0v) is 15.5. The predicted molar refractivity (Wildman–Crippen MR) is 95.1 cm³/mol. The molecule has 1 aromatic carbocycles. The molecule has 2 fully saturated rings. The molecule has 2 aliphatic rings. The molecule has 2 amide bonds. The number of alkyl halides is 2. The van der Waals surface area contributed by atoms with Gasteiger partial charge in [-0.15, -0.1) is 0 Å². The number of halogens is 3. The molecule has 0 bridgehead atoms. The Morgan fingerprint density at radius 1 is 1.36 bits per heavy atom. The first-order valence-corrected chi connectivity index (χ1v) is 9.06. The van der Waals surface area contributed by atoms with Crippen molar-refractivity contribution in [2.75, 3.05) is 38.7 Å². The standard InChI is InChI=1S/C18H23F3N4O3/c1-24-14(23-15(10-17(24)27)25-4-6-28-7-5-25)9-16(26)22-11-2-3-13(19)12(8-11)18(20)21/h2-3,8,14-15,18,23H,4-7,9-10H2,1H3,(H,22,26). The molecule has 154 valence electrons. The summed E-state index contributed by atoms with van der Waals surface area (Å²) in [5.74, 6) is -1.58. The van der Waals surface area contributed by atoms with Crippen molar-refractivity contribution in [1.29, 1.82) is 0 Å². The van der Waals surface area contributed by atoms with Gasteiger partial charge in [0.05, 0.1) is 44.0 Å². The Labute approximate surface area is 160 Å². The summed E-state index contributed by atoms with van der Waals surface area (Å²) in [5, 5.41) is 5.78. The lowest BCUT2D eigenvalue weighted by molar-refractivity contribution is -0.141. The van der Waals surface area contributed by atoms with E-state index in [1.807, 2.05) is 0 Å². The average molecular weight is 400 g/mol. The number of hydrogen-bond acceptors (Lipinski definition) is 5. The van der Waals surface area contributed by atoms with E-state index in [1.165, 1.54) is 11.0 Å². The first-order valence-electron chi connectivity index (χ1n) is 9.06. The minimum atomic E-state index is -2.98. The number of nitrogens with zero attached hydrogens (tertiary/aromatic N) is 2. The van der Waals surface area contributed by atoms with Gasteiger partial charge in [0.15, 0.2) is 0 Å². The van der Waals surface area contributed by atoms with Crippen LogP contribution in [0.15, 0.2) is 18.2 Å². The summed E-state index contributed by atoms with van der Waals surface area (Å²) in [6.45, 7) is 2.56. The summed E-state index contributed by atoms with van der Waals surface area (Å²) in [6, 6.07) is 3.02. The van der Waals surface area contributed by atoms with Crippen LogP contribution in [0.25, 0.3) is 0 Å². The number of carbonyl (C=O) groups is 2. The van der Waals surface area contributed by atoms with Gasteiger partial charge in [-0.05, 0) is 18.2 Å². The number of ether oxygens (including phenoxy) is 1. The van der Waals surface area contributed by atoms with Gasteiger partial charge in [-0.3, -0.25) is 19.8 Å². The lowest BCUT2D eigenvalue weighted by Crippen LogP contribution is -2.63. The lowest BCUT2D eigenvalue weighted by atomic mass is 10.1. The van der Waals surface area contributed by atoms with E-state index < -0.39 is 29.9 Å². The Kier molecular flexibility index (Phi) is 6.53. The van der Waals surface area contributed by atoms with Crippen molar-refractivity contribution >= 4 is 17.5 Å². The van der Waals surface area contributed by atoms with E-state index >= 15 is 0 Å². The van der Waals surface area contributed by atoms with Crippen molar-refractivity contribution in [3.8, 4) is 0 Å². The van der Waals surface area contributed by atoms with Crippen LogP contribution in [0.1, 0.15) is 24.8 Å². The van der Waals surface area contributed by atoms with Crippen LogP contribution in [0.4, 0.5) is 18.9 Å². The van der Waals surface area contributed by atoms with Gasteiger partial charge >= 0.3 is 0 Å². The molecule has 0 radical (unpaired) electrons. The number of morpholine rings is 1. The van der Waals surface area contributed by atoms with Crippen molar-refractivity contribution in [2.45, 2.75) is 31.6 Å². The van der Waals surface area contributed by atoms with E-state index in [2.05, 4.69) is 15.5 Å². The molecular weight excluding hydrogens is 377 g/mol. The second-order valence-electron chi connectivity index (χ2n) is 6.84. The SMILES string of the molecule is CN1C(=O)CC(N2CCOCC2)NC1CC(=O)Nc1ccc(F)c(C(F)F)c1. The maximum atomic E-state index is 13.4. The van der Waals surface area contributed by atoms with Gasteiger partial charge in [-0.2, -0.15) is 0 Å². The molecule has 0 spiro atoms. The monoisotopic (exact) mass is 400 g/mol. The molecule has 2 aliphatic heterocycles. The molecule has 2 heterocycles. The first-order chi connectivity index (χ1) is 13.3. The quantitative estimate of drug-likeness (QED) is 0.784. The third kappa shape index (κ3) is 4.81. The highest BCUT2D eigenvalue weighted by Crippen LogP contribution is 2.25. The Balaban J connectivity index is 1.63. The molecular formula is C18H23F3N4O3. The second kappa shape index (κ2) is 8.89. The van der Waals surface area contributed by atoms with E-state index in [0.29, 0.717) is 32.7 Å². The number of anilines is 1. The van der Waals surface area contributed by atoms with Crippen LogP contribution in [-0.2, 0) is 14.3 Å². The maximum absolute atomic E-state index is 13.4. The van der Waals surface area contributed by atoms with Crippen molar-refractivity contribution in [1.82, 2.24) is 15.1 Å². The van der Waals surface area contributed by atoms with Crippen molar-refractivity contribution in [2.24, 2.45) is 0 Å². The average Bonchev–Trinajstić information content (AvgIpc) is 2.67. The van der Waals surface area contributed by atoms with E-state index in [4.69, 9.17) is 4.74 Å². The zero-order valence-electron chi connectivity index (χ0n) is 15.5. The predicted octanol–water partition coefficient (Wildman–Crippen LogP) is 1.53. The number of rotatable bonds is 5. The van der Waals surface area contributed by atoms with Gasteiger partial charge in [0.2, 0.25) is 11.8 Å². The molecule has 1 aromatic rings. The fourth-order valence-corrected chi connectivity index (χ4v) is 3.37. The Morgan fingerprint density at radius 3 is 2.75 bits per heavy atom. The van der Waals surface area contributed by atoms with Gasteiger partial charge < -0.3 is 15.0 Å². The summed E-state index contributed by atoms with van der Waals surface area (Å²) in [4.78, 5) is 28.3. The van der Waals surface area contributed by atoms with Crippen molar-refractivity contribution in [3.63, 3.8) is 0 Å². The molecule has 3 rings (SSSR count). The molecule has 2 atom stereocenters. The van der Waals surface area contributed by atoms with E-state index in [9.17, 15) is 22.8 Å². The molecule has 28 heavy (non-hydrogen) atoms. The van der Waals surface area contributed by atoms with Crippen LogP contribution in [0, 0.1) is 5.82 Å². The Hall–Kier alpha value is -2.17. The molecule has 10 heteroatoms. The topological polar surface area (TPSA) is 73.9 Å². The fraction of sp³-hybridized carbons (Fsp3) is 0.556. The molecule has 2 saturated heterocycles. The zero-order chi connectivity index (χ0) is 20.3. The van der Waals surface area contributed by atoms with Crippen LogP contribution in [0.3, 0.4) is 0 Å². The molecule has 0 aliphatic carbocycles. The van der Waals surface area contributed by atoms with Crippen LogP contribution < -0.4 is 10.6 Å². The maximum Gasteiger partial charge on any atom is 0.266 e. The molecule has 2 N–H and O–H groups in total. The highest BCUT2D eigenvalue weighted by molar-refractivity contribution is 5.91. The van der Waals surface area contributed by atoms with Gasteiger partial charge in [-0.1, -0.05) is 0 Å². The third-order valence-electron chi connectivity index (χ3n) is 4.99. The third-order valence-corrected chi connectivity index (χ3v) is 4.99. The molecule has 0 aromatic heterocycles.